The first-order chi connectivity index (χ1) is 10.6. The number of aromatic nitrogens is 1. The van der Waals surface area contributed by atoms with Crippen molar-refractivity contribution < 1.29 is 19.1 Å². The third-order valence-corrected chi connectivity index (χ3v) is 3.98. The number of esters is 1. The van der Waals surface area contributed by atoms with E-state index in [1.165, 1.54) is 11.3 Å². The molecular weight excluding hydrogens is 304 g/mol. The number of carbonyl (C=O) groups is 3. The summed E-state index contributed by atoms with van der Waals surface area (Å²) < 4.78 is 5.14. The van der Waals surface area contributed by atoms with Gasteiger partial charge in [-0.3, -0.25) is 14.5 Å². The van der Waals surface area contributed by atoms with Crippen molar-refractivity contribution in [3.8, 4) is 0 Å². The average Bonchev–Trinajstić information content (AvgIpc) is 3.15. The van der Waals surface area contributed by atoms with E-state index >= 15 is 0 Å². The summed E-state index contributed by atoms with van der Waals surface area (Å²) in [4.78, 5) is 40.4. The molecule has 0 atom stereocenters. The number of imide groups is 1. The number of hydrogen-bond acceptors (Lipinski definition) is 6. The summed E-state index contributed by atoms with van der Waals surface area (Å²) >= 11 is 1.41. The summed E-state index contributed by atoms with van der Waals surface area (Å²) in [5.41, 5.74) is 0.836. The van der Waals surface area contributed by atoms with Gasteiger partial charge < -0.3 is 4.74 Å². The highest BCUT2D eigenvalue weighted by Crippen LogP contribution is 2.23. The minimum Gasteiger partial charge on any atom is -0.455 e. The van der Waals surface area contributed by atoms with E-state index < -0.39 is 5.97 Å². The van der Waals surface area contributed by atoms with Crippen LogP contribution in [0.15, 0.2) is 35.8 Å². The standard InChI is InChI=1S/C15H12N2O4S/c18-13-5-6-14(19)17(13)11-3-1-10(2-4-11)15(20)21-9-12-16-7-8-22-12/h1-4,7-8H,5-6,9H2. The minimum atomic E-state index is -0.471. The Labute approximate surface area is 130 Å². The van der Waals surface area contributed by atoms with Crippen molar-refractivity contribution >= 4 is 34.8 Å². The Balaban J connectivity index is 1.67. The molecule has 112 valence electrons. The van der Waals surface area contributed by atoms with Crippen molar-refractivity contribution in [2.24, 2.45) is 0 Å². The fraction of sp³-hybridized carbons (Fsp3) is 0.200. The number of ether oxygens (including phenoxy) is 1. The molecule has 1 aliphatic rings. The van der Waals surface area contributed by atoms with Gasteiger partial charge in [-0.1, -0.05) is 0 Å². The van der Waals surface area contributed by atoms with E-state index in [4.69, 9.17) is 4.74 Å². The lowest BCUT2D eigenvalue weighted by Gasteiger charge is -2.13. The van der Waals surface area contributed by atoms with E-state index in [-0.39, 0.29) is 31.3 Å². The van der Waals surface area contributed by atoms with Crippen LogP contribution < -0.4 is 4.90 Å². The molecule has 0 saturated carbocycles. The molecule has 2 heterocycles. The molecule has 2 amide bonds. The number of rotatable bonds is 4. The Morgan fingerprint density at radius 1 is 1.18 bits per heavy atom. The smallest absolute Gasteiger partial charge is 0.338 e. The van der Waals surface area contributed by atoms with E-state index in [1.807, 2.05) is 5.38 Å². The van der Waals surface area contributed by atoms with E-state index in [2.05, 4.69) is 4.98 Å². The second-order valence-electron chi connectivity index (χ2n) is 4.67. The van der Waals surface area contributed by atoms with Crippen LogP contribution in [0.3, 0.4) is 0 Å². The fourth-order valence-corrected chi connectivity index (χ4v) is 2.67. The van der Waals surface area contributed by atoms with E-state index in [9.17, 15) is 14.4 Å². The van der Waals surface area contributed by atoms with Crippen LogP contribution in [0.4, 0.5) is 5.69 Å². The van der Waals surface area contributed by atoms with Crippen LogP contribution >= 0.6 is 11.3 Å². The maximum Gasteiger partial charge on any atom is 0.338 e. The largest absolute Gasteiger partial charge is 0.455 e. The summed E-state index contributed by atoms with van der Waals surface area (Å²) in [5, 5.41) is 2.53. The first-order valence-corrected chi connectivity index (χ1v) is 7.54. The number of thiazole rings is 1. The van der Waals surface area contributed by atoms with Gasteiger partial charge in [-0.15, -0.1) is 11.3 Å². The van der Waals surface area contributed by atoms with E-state index in [1.54, 1.807) is 30.5 Å². The Bertz CT molecular complexity index is 694. The van der Waals surface area contributed by atoms with Crippen LogP contribution in [-0.4, -0.2) is 22.8 Å². The van der Waals surface area contributed by atoms with Crippen LogP contribution in [0, 0.1) is 0 Å². The summed E-state index contributed by atoms with van der Waals surface area (Å²) in [6.45, 7) is 0.126. The van der Waals surface area contributed by atoms with Crippen molar-refractivity contribution in [3.63, 3.8) is 0 Å². The molecule has 1 aromatic heterocycles. The van der Waals surface area contributed by atoms with Gasteiger partial charge in [0.05, 0.1) is 11.3 Å². The van der Waals surface area contributed by atoms with Crippen molar-refractivity contribution in [3.05, 3.63) is 46.4 Å². The number of anilines is 1. The SMILES string of the molecule is O=C(OCc1nccs1)c1ccc(N2C(=O)CCC2=O)cc1. The van der Waals surface area contributed by atoms with Crippen LogP contribution in [0.25, 0.3) is 0 Å². The second-order valence-corrected chi connectivity index (χ2v) is 5.65. The highest BCUT2D eigenvalue weighted by molar-refractivity contribution is 7.09. The number of nitrogens with zero attached hydrogens (tertiary/aromatic N) is 2. The number of carbonyl (C=O) groups excluding carboxylic acids is 3. The molecule has 0 spiro atoms. The molecule has 1 aliphatic heterocycles. The molecule has 1 aromatic carbocycles. The second kappa shape index (κ2) is 6.07. The van der Waals surface area contributed by atoms with Crippen molar-refractivity contribution in [1.29, 1.82) is 0 Å². The zero-order chi connectivity index (χ0) is 15.5. The molecule has 0 unspecified atom stereocenters. The topological polar surface area (TPSA) is 76.6 Å². The van der Waals surface area contributed by atoms with Gasteiger partial charge in [0.15, 0.2) is 0 Å². The third kappa shape index (κ3) is 2.89. The average molecular weight is 316 g/mol. The molecule has 0 bridgehead atoms. The predicted molar refractivity (Wildman–Crippen MR) is 79.4 cm³/mol. The zero-order valence-electron chi connectivity index (χ0n) is 11.5. The van der Waals surface area contributed by atoms with Crippen molar-refractivity contribution in [2.45, 2.75) is 19.4 Å². The van der Waals surface area contributed by atoms with E-state index in [0.29, 0.717) is 11.3 Å². The fourth-order valence-electron chi connectivity index (χ4n) is 2.15. The van der Waals surface area contributed by atoms with Crippen molar-refractivity contribution in [2.75, 3.05) is 4.90 Å². The third-order valence-electron chi connectivity index (χ3n) is 3.22. The molecule has 22 heavy (non-hydrogen) atoms. The molecule has 0 radical (unpaired) electrons. The summed E-state index contributed by atoms with van der Waals surface area (Å²) in [5.74, 6) is -0.908. The lowest BCUT2D eigenvalue weighted by molar-refractivity contribution is -0.121. The molecule has 6 nitrogen and oxygen atoms in total. The van der Waals surface area contributed by atoms with Crippen LogP contribution in [0.2, 0.25) is 0 Å². The monoisotopic (exact) mass is 316 g/mol. The summed E-state index contributed by atoms with van der Waals surface area (Å²) in [6, 6.07) is 6.22. The number of hydrogen-bond donors (Lipinski definition) is 0. The quantitative estimate of drug-likeness (QED) is 0.638. The van der Waals surface area contributed by atoms with Crippen LogP contribution in [0.1, 0.15) is 28.2 Å². The predicted octanol–water partition coefficient (Wildman–Crippen LogP) is 2.15. The van der Waals surface area contributed by atoms with Gasteiger partial charge in [0, 0.05) is 24.4 Å². The normalized spacial score (nSPS) is 14.5. The lowest BCUT2D eigenvalue weighted by atomic mass is 10.2. The molecule has 0 N–H and O–H groups in total. The van der Waals surface area contributed by atoms with Crippen LogP contribution in [0.5, 0.6) is 0 Å². The Morgan fingerprint density at radius 3 is 2.45 bits per heavy atom. The molecule has 3 rings (SSSR count). The summed E-state index contributed by atoms with van der Waals surface area (Å²) in [6.07, 6.45) is 2.11. The lowest BCUT2D eigenvalue weighted by Crippen LogP contribution is -2.28. The van der Waals surface area contributed by atoms with Gasteiger partial charge in [-0.2, -0.15) is 0 Å². The van der Waals surface area contributed by atoms with Crippen molar-refractivity contribution in [1.82, 2.24) is 4.98 Å². The minimum absolute atomic E-state index is 0.126. The molecule has 0 aliphatic carbocycles. The van der Waals surface area contributed by atoms with Gasteiger partial charge in [-0.25, -0.2) is 9.78 Å². The highest BCUT2D eigenvalue weighted by Gasteiger charge is 2.30. The molecule has 1 saturated heterocycles. The maximum atomic E-state index is 11.9. The Morgan fingerprint density at radius 2 is 1.86 bits per heavy atom. The van der Waals surface area contributed by atoms with Gasteiger partial charge in [-0.05, 0) is 24.3 Å². The number of amides is 2. The first-order valence-electron chi connectivity index (χ1n) is 6.66. The van der Waals surface area contributed by atoms with E-state index in [0.717, 1.165) is 9.91 Å². The van der Waals surface area contributed by atoms with Gasteiger partial charge in [0.25, 0.3) is 0 Å². The Kier molecular flexibility index (Phi) is 3.97. The first kappa shape index (κ1) is 14.4. The Hall–Kier alpha value is -2.54. The maximum absolute atomic E-state index is 11.9. The van der Waals surface area contributed by atoms with Gasteiger partial charge >= 0.3 is 5.97 Å². The molecule has 1 fully saturated rings. The number of benzene rings is 1. The zero-order valence-corrected chi connectivity index (χ0v) is 12.3. The van der Waals surface area contributed by atoms with Gasteiger partial charge in [0.1, 0.15) is 11.6 Å². The molecular formula is C15H12N2O4S. The highest BCUT2D eigenvalue weighted by atomic mass is 32.1. The van der Waals surface area contributed by atoms with Crippen LogP contribution in [-0.2, 0) is 20.9 Å². The van der Waals surface area contributed by atoms with Gasteiger partial charge in [0.2, 0.25) is 11.8 Å². The molecule has 2 aromatic rings. The summed E-state index contributed by atoms with van der Waals surface area (Å²) in [7, 11) is 0. The molecule has 7 heteroatoms.